The van der Waals surface area contributed by atoms with E-state index in [9.17, 15) is 9.59 Å². The molecule has 142 valence electrons. The predicted octanol–water partition coefficient (Wildman–Crippen LogP) is 4.17. The van der Waals surface area contributed by atoms with Crippen LogP contribution in [0.25, 0.3) is 10.2 Å². The molecule has 1 unspecified atom stereocenters. The Balaban J connectivity index is 1.53. The number of aryl methyl sites for hydroxylation is 1. The van der Waals surface area contributed by atoms with E-state index in [4.69, 9.17) is 9.15 Å². The number of aromatic nitrogens is 2. The van der Waals surface area contributed by atoms with Crippen LogP contribution in [-0.2, 0) is 23.3 Å². The maximum Gasteiger partial charge on any atom is 0.374 e. The summed E-state index contributed by atoms with van der Waals surface area (Å²) < 4.78 is 10.4. The van der Waals surface area contributed by atoms with E-state index in [2.05, 4.69) is 16.9 Å². The van der Waals surface area contributed by atoms with Crippen molar-refractivity contribution in [2.45, 2.75) is 44.0 Å². The van der Waals surface area contributed by atoms with Crippen LogP contribution in [0.3, 0.4) is 0 Å². The zero-order valence-electron chi connectivity index (χ0n) is 15.2. The van der Waals surface area contributed by atoms with Gasteiger partial charge in [-0.25, -0.2) is 9.78 Å². The zero-order valence-corrected chi connectivity index (χ0v) is 16.8. The first-order chi connectivity index (χ1) is 13.0. The highest BCUT2D eigenvalue weighted by molar-refractivity contribution is 7.98. The number of carbonyl (C=O) groups is 1. The van der Waals surface area contributed by atoms with Crippen molar-refractivity contribution in [2.24, 2.45) is 5.92 Å². The number of rotatable bonds is 5. The lowest BCUT2D eigenvalue weighted by Gasteiger charge is -2.17. The van der Waals surface area contributed by atoms with E-state index in [0.29, 0.717) is 29.2 Å². The quantitative estimate of drug-likeness (QED) is 0.390. The molecule has 0 bridgehead atoms. The van der Waals surface area contributed by atoms with Gasteiger partial charge < -0.3 is 14.1 Å². The molecule has 6 nitrogen and oxygen atoms in total. The molecule has 0 saturated heterocycles. The van der Waals surface area contributed by atoms with Crippen LogP contribution in [0.5, 0.6) is 0 Å². The number of esters is 1. The topological polar surface area (TPSA) is 85.2 Å². The van der Waals surface area contributed by atoms with Crippen LogP contribution in [0.2, 0.25) is 0 Å². The molecule has 0 fully saturated rings. The minimum Gasteiger partial charge on any atom is -0.460 e. The zero-order chi connectivity index (χ0) is 19.0. The highest BCUT2D eigenvalue weighted by Gasteiger charge is 2.23. The summed E-state index contributed by atoms with van der Waals surface area (Å²) in [5.41, 5.74) is 1.12. The van der Waals surface area contributed by atoms with Gasteiger partial charge in [0.15, 0.2) is 5.16 Å². The van der Waals surface area contributed by atoms with Crippen LogP contribution in [-0.4, -0.2) is 22.5 Å². The number of carbonyl (C=O) groups excluding carboxylic acids is 1. The van der Waals surface area contributed by atoms with E-state index in [1.54, 1.807) is 30.4 Å². The highest BCUT2D eigenvalue weighted by atomic mass is 32.2. The highest BCUT2D eigenvalue weighted by Crippen LogP contribution is 2.36. The lowest BCUT2D eigenvalue weighted by atomic mass is 9.89. The summed E-state index contributed by atoms with van der Waals surface area (Å²) >= 11 is 3.02. The van der Waals surface area contributed by atoms with Gasteiger partial charge in [-0.2, -0.15) is 0 Å². The van der Waals surface area contributed by atoms with E-state index in [1.165, 1.54) is 22.2 Å². The SMILES string of the molecule is CCOC(=O)c1ccc(CSc2nc3sc4c(c3c(=O)[nH]2)CCC(C)C4)o1. The standard InChI is InChI=1S/C19H20N2O4S2/c1-3-24-18(23)13-7-5-11(25-13)9-26-19-20-16(22)15-12-6-4-10(2)8-14(12)27-17(15)21-19/h5,7,10H,3-4,6,8-9H2,1-2H3,(H,20,21,22). The number of ether oxygens (including phenoxy) is 1. The van der Waals surface area contributed by atoms with Gasteiger partial charge >= 0.3 is 5.97 Å². The average Bonchev–Trinajstić information content (AvgIpc) is 3.24. The molecule has 1 aliphatic carbocycles. The van der Waals surface area contributed by atoms with Gasteiger partial charge in [0.05, 0.1) is 17.7 Å². The first kappa shape index (κ1) is 18.3. The van der Waals surface area contributed by atoms with E-state index >= 15 is 0 Å². The van der Waals surface area contributed by atoms with Crippen molar-refractivity contribution < 1.29 is 13.9 Å². The third-order valence-corrected chi connectivity index (χ3v) is 6.68. The van der Waals surface area contributed by atoms with Gasteiger partial charge in [-0.1, -0.05) is 18.7 Å². The summed E-state index contributed by atoms with van der Waals surface area (Å²) in [5.74, 6) is 1.47. The van der Waals surface area contributed by atoms with E-state index in [-0.39, 0.29) is 11.3 Å². The molecule has 1 atom stereocenters. The minimum absolute atomic E-state index is 0.0683. The fraction of sp³-hybridized carbons (Fsp3) is 0.421. The lowest BCUT2D eigenvalue weighted by molar-refractivity contribution is 0.0488. The normalized spacial score (nSPS) is 16.4. The minimum atomic E-state index is -0.472. The molecule has 0 saturated carbocycles. The molecule has 0 amide bonds. The van der Waals surface area contributed by atoms with E-state index in [1.807, 2.05) is 0 Å². The predicted molar refractivity (Wildman–Crippen MR) is 106 cm³/mol. The molecule has 0 radical (unpaired) electrons. The number of thioether (sulfide) groups is 1. The van der Waals surface area contributed by atoms with Crippen LogP contribution in [0.1, 0.15) is 47.0 Å². The van der Waals surface area contributed by atoms with Crippen molar-refractivity contribution in [3.63, 3.8) is 0 Å². The van der Waals surface area contributed by atoms with Gasteiger partial charge in [0, 0.05) is 4.88 Å². The Bertz CT molecular complexity index is 1050. The third kappa shape index (κ3) is 3.68. The Kier molecular flexibility index (Phi) is 5.10. The van der Waals surface area contributed by atoms with Crippen molar-refractivity contribution in [2.75, 3.05) is 6.61 Å². The van der Waals surface area contributed by atoms with Gasteiger partial charge in [0.25, 0.3) is 5.56 Å². The second-order valence-corrected chi connectivity index (χ2v) is 8.73. The number of thiophene rings is 1. The summed E-state index contributed by atoms with van der Waals surface area (Å²) in [6.07, 6.45) is 3.11. The number of aromatic amines is 1. The molecule has 3 heterocycles. The Morgan fingerprint density at radius 1 is 1.48 bits per heavy atom. The number of nitrogens with zero attached hydrogens (tertiary/aromatic N) is 1. The average molecular weight is 405 g/mol. The van der Waals surface area contributed by atoms with Crippen molar-refractivity contribution in [3.8, 4) is 0 Å². The van der Waals surface area contributed by atoms with Gasteiger partial charge in [0.1, 0.15) is 10.6 Å². The maximum atomic E-state index is 12.6. The van der Waals surface area contributed by atoms with Crippen LogP contribution in [0, 0.1) is 5.92 Å². The van der Waals surface area contributed by atoms with Gasteiger partial charge in [-0.15, -0.1) is 11.3 Å². The molecule has 0 aromatic carbocycles. The number of nitrogens with one attached hydrogen (secondary N) is 1. The summed E-state index contributed by atoms with van der Waals surface area (Å²) in [5, 5.41) is 1.32. The van der Waals surface area contributed by atoms with Crippen LogP contribution in [0.15, 0.2) is 26.5 Å². The smallest absolute Gasteiger partial charge is 0.374 e. The Morgan fingerprint density at radius 3 is 3.15 bits per heavy atom. The van der Waals surface area contributed by atoms with Gasteiger partial charge in [-0.05, 0) is 49.8 Å². The van der Waals surface area contributed by atoms with Crippen molar-refractivity contribution in [1.29, 1.82) is 0 Å². The first-order valence-electron chi connectivity index (χ1n) is 8.98. The molecule has 27 heavy (non-hydrogen) atoms. The van der Waals surface area contributed by atoms with Crippen LogP contribution >= 0.6 is 23.1 Å². The van der Waals surface area contributed by atoms with Crippen molar-refractivity contribution >= 4 is 39.3 Å². The summed E-state index contributed by atoms with van der Waals surface area (Å²) in [6, 6.07) is 3.34. The fourth-order valence-electron chi connectivity index (χ4n) is 3.30. The Labute approximate surface area is 164 Å². The molecule has 3 aromatic heterocycles. The number of hydrogen-bond acceptors (Lipinski definition) is 7. The van der Waals surface area contributed by atoms with Crippen molar-refractivity contribution in [3.05, 3.63) is 44.4 Å². The molecule has 4 rings (SSSR count). The second-order valence-electron chi connectivity index (χ2n) is 6.68. The number of furan rings is 1. The van der Waals surface area contributed by atoms with E-state index < -0.39 is 5.97 Å². The maximum absolute atomic E-state index is 12.6. The lowest BCUT2D eigenvalue weighted by Crippen LogP contribution is -2.13. The number of H-pyrrole nitrogens is 1. The van der Waals surface area contributed by atoms with Crippen LogP contribution < -0.4 is 5.56 Å². The summed E-state index contributed by atoms with van der Waals surface area (Å²) in [7, 11) is 0. The molecular weight excluding hydrogens is 384 g/mol. The Hall–Kier alpha value is -2.06. The fourth-order valence-corrected chi connectivity index (χ4v) is 5.50. The molecule has 8 heteroatoms. The van der Waals surface area contributed by atoms with Gasteiger partial charge in [-0.3, -0.25) is 4.79 Å². The van der Waals surface area contributed by atoms with Gasteiger partial charge in [0.2, 0.25) is 5.76 Å². The van der Waals surface area contributed by atoms with E-state index in [0.717, 1.165) is 29.5 Å². The number of fused-ring (bicyclic) bond motifs is 3. The molecule has 3 aromatic rings. The van der Waals surface area contributed by atoms with Crippen molar-refractivity contribution in [1.82, 2.24) is 9.97 Å². The second kappa shape index (κ2) is 7.52. The molecular formula is C19H20N2O4S2. The largest absolute Gasteiger partial charge is 0.460 e. The summed E-state index contributed by atoms with van der Waals surface area (Å²) in [4.78, 5) is 33.9. The molecule has 1 aliphatic rings. The van der Waals surface area contributed by atoms with Crippen LogP contribution in [0.4, 0.5) is 0 Å². The third-order valence-electron chi connectivity index (χ3n) is 4.63. The molecule has 0 aliphatic heterocycles. The summed E-state index contributed by atoms with van der Waals surface area (Å²) in [6.45, 7) is 4.30. The first-order valence-corrected chi connectivity index (χ1v) is 10.8. The molecule has 1 N–H and O–H groups in total. The monoisotopic (exact) mass is 404 g/mol. The Morgan fingerprint density at radius 2 is 2.33 bits per heavy atom. The number of hydrogen-bond donors (Lipinski definition) is 1. The molecule has 0 spiro atoms.